The van der Waals surface area contributed by atoms with Gasteiger partial charge >= 0.3 is 6.18 Å². The van der Waals surface area contributed by atoms with Crippen molar-refractivity contribution in [1.82, 2.24) is 4.90 Å². The van der Waals surface area contributed by atoms with Gasteiger partial charge in [-0.25, -0.2) is 0 Å². The average Bonchev–Trinajstić information content (AvgIpc) is 2.46. The van der Waals surface area contributed by atoms with Crippen LogP contribution in [-0.2, 0) is 16.6 Å². The first-order valence-corrected chi connectivity index (χ1v) is 7.63. The third kappa shape index (κ3) is 3.86. The Hall–Kier alpha value is -1.56. The molecule has 1 aliphatic heterocycles. The summed E-state index contributed by atoms with van der Waals surface area (Å²) in [4.78, 5) is 13.9. The van der Waals surface area contributed by atoms with Gasteiger partial charge in [0.05, 0.1) is 11.2 Å². The maximum atomic E-state index is 12.8. The van der Waals surface area contributed by atoms with Crippen LogP contribution < -0.4 is 0 Å². The minimum atomic E-state index is -4.44. The predicted octanol–water partition coefficient (Wildman–Crippen LogP) is 3.56. The van der Waals surface area contributed by atoms with Crippen molar-refractivity contribution in [2.24, 2.45) is 5.41 Å². The summed E-state index contributed by atoms with van der Waals surface area (Å²) in [5.74, 6) is -0.0106. The Kier molecular flexibility index (Phi) is 4.50. The highest BCUT2D eigenvalue weighted by Gasteiger charge is 2.39. The van der Waals surface area contributed by atoms with Crippen molar-refractivity contribution >= 4 is 5.91 Å². The van der Waals surface area contributed by atoms with E-state index in [4.69, 9.17) is 0 Å². The number of amides is 1. The number of aliphatic hydroxyl groups is 1. The van der Waals surface area contributed by atoms with Crippen LogP contribution in [0, 0.1) is 5.41 Å². The van der Waals surface area contributed by atoms with E-state index in [2.05, 4.69) is 0 Å². The maximum absolute atomic E-state index is 12.8. The van der Waals surface area contributed by atoms with Gasteiger partial charge in [-0.05, 0) is 30.5 Å². The topological polar surface area (TPSA) is 40.5 Å². The van der Waals surface area contributed by atoms with Gasteiger partial charge in [-0.2, -0.15) is 13.2 Å². The van der Waals surface area contributed by atoms with Crippen molar-refractivity contribution in [3.05, 3.63) is 35.4 Å². The lowest BCUT2D eigenvalue weighted by atomic mass is 9.82. The number of likely N-dealkylation sites (tertiary alicyclic amines) is 1. The molecule has 1 heterocycles. The molecule has 2 rings (SSSR count). The van der Waals surface area contributed by atoms with Crippen molar-refractivity contribution in [1.29, 1.82) is 0 Å². The fraction of sp³-hybridized carbons (Fsp3) is 0.588. The van der Waals surface area contributed by atoms with Gasteiger partial charge in [-0.1, -0.05) is 32.9 Å². The minimum absolute atomic E-state index is 0.0106. The molecule has 0 saturated carbocycles. The summed E-state index contributed by atoms with van der Waals surface area (Å²) in [6.45, 7) is 6.14. The van der Waals surface area contributed by atoms with E-state index in [1.54, 1.807) is 4.90 Å². The SMILES string of the molecule is CC(C)(C)C(=O)N1CCC(O)(c2cccc(C(F)(F)F)c2)CC1. The number of alkyl halides is 3. The van der Waals surface area contributed by atoms with Gasteiger partial charge in [0, 0.05) is 18.5 Å². The quantitative estimate of drug-likeness (QED) is 0.856. The summed E-state index contributed by atoms with van der Waals surface area (Å²) in [5.41, 5.74) is -2.34. The fourth-order valence-corrected chi connectivity index (χ4v) is 2.83. The standard InChI is InChI=1S/C17H22F3NO2/c1-15(2,3)14(22)21-9-7-16(23,8-10-21)12-5-4-6-13(11-12)17(18,19)20/h4-6,11,23H,7-10H2,1-3H3. The molecule has 23 heavy (non-hydrogen) atoms. The van der Waals surface area contributed by atoms with Gasteiger partial charge in [-0.3, -0.25) is 4.79 Å². The summed E-state index contributed by atoms with van der Waals surface area (Å²) in [7, 11) is 0. The van der Waals surface area contributed by atoms with Crippen LogP contribution in [0.4, 0.5) is 13.2 Å². The average molecular weight is 329 g/mol. The number of benzene rings is 1. The minimum Gasteiger partial charge on any atom is -0.385 e. The van der Waals surface area contributed by atoms with E-state index in [9.17, 15) is 23.1 Å². The first-order chi connectivity index (χ1) is 10.4. The molecule has 1 aromatic carbocycles. The number of carbonyl (C=O) groups excluding carboxylic acids is 1. The normalized spacial score (nSPS) is 18.8. The number of piperidine rings is 1. The molecule has 1 amide bonds. The molecule has 6 heteroatoms. The fourth-order valence-electron chi connectivity index (χ4n) is 2.83. The summed E-state index contributed by atoms with van der Waals surface area (Å²) >= 11 is 0. The number of carbonyl (C=O) groups is 1. The monoisotopic (exact) mass is 329 g/mol. The van der Waals surface area contributed by atoms with Gasteiger partial charge in [-0.15, -0.1) is 0 Å². The zero-order valence-electron chi connectivity index (χ0n) is 13.6. The van der Waals surface area contributed by atoms with E-state index < -0.39 is 22.8 Å². The molecule has 0 aromatic heterocycles. The van der Waals surface area contributed by atoms with Crippen LogP contribution in [0.15, 0.2) is 24.3 Å². The molecule has 0 aliphatic carbocycles. The number of hydrogen-bond donors (Lipinski definition) is 1. The van der Waals surface area contributed by atoms with Crippen LogP contribution in [0.3, 0.4) is 0 Å². The first-order valence-electron chi connectivity index (χ1n) is 7.63. The van der Waals surface area contributed by atoms with Crippen molar-refractivity contribution < 1.29 is 23.1 Å². The number of halogens is 3. The second kappa shape index (κ2) is 5.82. The molecular weight excluding hydrogens is 307 g/mol. The van der Waals surface area contributed by atoms with E-state index in [0.29, 0.717) is 13.1 Å². The lowest BCUT2D eigenvalue weighted by Gasteiger charge is -2.40. The van der Waals surface area contributed by atoms with Crippen LogP contribution in [-0.4, -0.2) is 29.0 Å². The van der Waals surface area contributed by atoms with Crippen molar-refractivity contribution in [3.63, 3.8) is 0 Å². The van der Waals surface area contributed by atoms with Crippen LogP contribution in [0.2, 0.25) is 0 Å². The van der Waals surface area contributed by atoms with E-state index >= 15 is 0 Å². The molecule has 0 unspecified atom stereocenters. The molecular formula is C17H22F3NO2. The summed E-state index contributed by atoms with van der Waals surface area (Å²) < 4.78 is 38.5. The van der Waals surface area contributed by atoms with Crippen LogP contribution in [0.5, 0.6) is 0 Å². The molecule has 1 saturated heterocycles. The van der Waals surface area contributed by atoms with Crippen molar-refractivity contribution in [3.8, 4) is 0 Å². The van der Waals surface area contributed by atoms with Crippen LogP contribution in [0.1, 0.15) is 44.7 Å². The number of rotatable bonds is 1. The van der Waals surface area contributed by atoms with E-state index in [0.717, 1.165) is 12.1 Å². The predicted molar refractivity (Wildman–Crippen MR) is 80.6 cm³/mol. The van der Waals surface area contributed by atoms with Gasteiger partial charge in [0.1, 0.15) is 0 Å². The van der Waals surface area contributed by atoms with Crippen LogP contribution in [0.25, 0.3) is 0 Å². The molecule has 0 radical (unpaired) electrons. The largest absolute Gasteiger partial charge is 0.416 e. The second-order valence-corrected chi connectivity index (χ2v) is 7.15. The Morgan fingerprint density at radius 3 is 2.22 bits per heavy atom. The van der Waals surface area contributed by atoms with Gasteiger partial charge in [0.25, 0.3) is 0 Å². The van der Waals surface area contributed by atoms with Crippen molar-refractivity contribution in [2.45, 2.75) is 45.4 Å². The molecule has 0 atom stereocenters. The Morgan fingerprint density at radius 2 is 1.74 bits per heavy atom. The lowest BCUT2D eigenvalue weighted by molar-refractivity contribution is -0.144. The summed E-state index contributed by atoms with van der Waals surface area (Å²) in [5, 5.41) is 10.7. The number of nitrogens with zero attached hydrogens (tertiary/aromatic N) is 1. The molecule has 0 bridgehead atoms. The maximum Gasteiger partial charge on any atom is 0.416 e. The van der Waals surface area contributed by atoms with Gasteiger partial charge in [0.2, 0.25) is 5.91 Å². The molecule has 3 nitrogen and oxygen atoms in total. The number of hydrogen-bond acceptors (Lipinski definition) is 2. The lowest BCUT2D eigenvalue weighted by Crippen LogP contribution is -2.48. The summed E-state index contributed by atoms with van der Waals surface area (Å²) in [6, 6.07) is 4.81. The Balaban J connectivity index is 2.16. The van der Waals surface area contributed by atoms with E-state index in [1.807, 2.05) is 20.8 Å². The van der Waals surface area contributed by atoms with Crippen LogP contribution >= 0.6 is 0 Å². The highest BCUT2D eigenvalue weighted by molar-refractivity contribution is 5.81. The molecule has 1 N–H and O–H groups in total. The highest BCUT2D eigenvalue weighted by Crippen LogP contribution is 2.37. The smallest absolute Gasteiger partial charge is 0.385 e. The Bertz CT molecular complexity index is 582. The molecule has 1 aromatic rings. The second-order valence-electron chi connectivity index (χ2n) is 7.15. The molecule has 1 fully saturated rings. The van der Waals surface area contributed by atoms with Gasteiger partial charge in [0.15, 0.2) is 0 Å². The Morgan fingerprint density at radius 1 is 1.17 bits per heavy atom. The Labute approximate surface area is 134 Å². The van der Waals surface area contributed by atoms with Gasteiger partial charge < -0.3 is 10.0 Å². The highest BCUT2D eigenvalue weighted by atomic mass is 19.4. The third-order valence-corrected chi connectivity index (χ3v) is 4.25. The molecule has 0 spiro atoms. The van der Waals surface area contributed by atoms with E-state index in [-0.39, 0.29) is 24.3 Å². The van der Waals surface area contributed by atoms with Crippen molar-refractivity contribution in [2.75, 3.05) is 13.1 Å². The third-order valence-electron chi connectivity index (χ3n) is 4.25. The summed E-state index contributed by atoms with van der Waals surface area (Å²) in [6.07, 6.45) is -3.97. The zero-order valence-corrected chi connectivity index (χ0v) is 13.6. The molecule has 1 aliphatic rings. The molecule has 128 valence electrons. The zero-order chi connectivity index (χ0) is 17.5. The first kappa shape index (κ1) is 17.8. The van der Waals surface area contributed by atoms with E-state index in [1.165, 1.54) is 12.1 Å².